The maximum Gasteiger partial charge on any atom is 0.422 e. The molecule has 32 heavy (non-hydrogen) atoms. The van der Waals surface area contributed by atoms with E-state index in [1.807, 2.05) is 18.2 Å². The van der Waals surface area contributed by atoms with Crippen LogP contribution >= 0.6 is 0 Å². The average molecular weight is 449 g/mol. The third-order valence-electron chi connectivity index (χ3n) is 5.81. The maximum atomic E-state index is 13.5. The van der Waals surface area contributed by atoms with Gasteiger partial charge in [-0.25, -0.2) is 0 Å². The molecule has 5 nitrogen and oxygen atoms in total. The molecule has 1 amide bonds. The van der Waals surface area contributed by atoms with E-state index >= 15 is 0 Å². The number of esters is 1. The predicted octanol–water partition coefficient (Wildman–Crippen LogP) is 3.85. The molecule has 2 aromatic carbocycles. The molecule has 1 saturated heterocycles. The summed E-state index contributed by atoms with van der Waals surface area (Å²) < 4.78 is 45.3. The SMILES string of the molecule is O=C(CC(O)(c1ccccc1)C(F)(F)F)OCC(=O)N1CCC(Cc2ccccc2)CC1. The lowest BCUT2D eigenvalue weighted by atomic mass is 9.90. The Labute approximate surface area is 184 Å². The smallest absolute Gasteiger partial charge is 0.422 e. The number of ether oxygens (including phenoxy) is 1. The molecule has 1 fully saturated rings. The molecule has 1 N–H and O–H groups in total. The van der Waals surface area contributed by atoms with E-state index in [0.29, 0.717) is 19.0 Å². The number of halogens is 3. The Morgan fingerprint density at radius 1 is 0.969 bits per heavy atom. The lowest BCUT2D eigenvalue weighted by Gasteiger charge is -2.32. The van der Waals surface area contributed by atoms with E-state index in [9.17, 15) is 27.9 Å². The monoisotopic (exact) mass is 449 g/mol. The summed E-state index contributed by atoms with van der Waals surface area (Å²) in [7, 11) is 0. The first-order valence-electron chi connectivity index (χ1n) is 10.5. The number of hydrogen-bond donors (Lipinski definition) is 1. The lowest BCUT2D eigenvalue weighted by Crippen LogP contribution is -2.45. The number of nitrogens with zero attached hydrogens (tertiary/aromatic N) is 1. The molecule has 1 atom stereocenters. The largest absolute Gasteiger partial charge is 0.455 e. The van der Waals surface area contributed by atoms with Crippen molar-refractivity contribution in [1.82, 2.24) is 4.90 Å². The van der Waals surface area contributed by atoms with Gasteiger partial charge in [-0.2, -0.15) is 13.2 Å². The molecule has 1 heterocycles. The minimum atomic E-state index is -5.09. The van der Waals surface area contributed by atoms with Crippen molar-refractivity contribution >= 4 is 11.9 Å². The summed E-state index contributed by atoms with van der Waals surface area (Å²) in [6, 6.07) is 16.4. The summed E-state index contributed by atoms with van der Waals surface area (Å²) >= 11 is 0. The molecule has 172 valence electrons. The van der Waals surface area contributed by atoms with Crippen LogP contribution in [0.4, 0.5) is 13.2 Å². The average Bonchev–Trinajstić information content (AvgIpc) is 2.78. The number of carbonyl (C=O) groups is 2. The standard InChI is InChI=1S/C24H26F3NO4/c25-24(26,27)23(31,20-9-5-2-6-10-20)16-22(30)32-17-21(29)28-13-11-19(12-14-28)15-18-7-3-1-4-8-18/h1-10,19,31H,11-17H2. The number of likely N-dealkylation sites (tertiary alicyclic amines) is 1. The number of alkyl halides is 3. The van der Waals surface area contributed by atoms with Crippen molar-refractivity contribution in [2.75, 3.05) is 19.7 Å². The minimum absolute atomic E-state index is 0.441. The van der Waals surface area contributed by atoms with Gasteiger partial charge >= 0.3 is 12.1 Å². The molecule has 3 rings (SSSR count). The molecule has 0 radical (unpaired) electrons. The van der Waals surface area contributed by atoms with E-state index in [-0.39, 0.29) is 0 Å². The molecular weight excluding hydrogens is 423 g/mol. The number of rotatable bonds is 7. The van der Waals surface area contributed by atoms with E-state index in [2.05, 4.69) is 12.1 Å². The van der Waals surface area contributed by atoms with Crippen LogP contribution in [0, 0.1) is 5.92 Å². The van der Waals surface area contributed by atoms with E-state index in [0.717, 1.165) is 31.4 Å². The Morgan fingerprint density at radius 3 is 2.09 bits per heavy atom. The number of amides is 1. The van der Waals surface area contributed by atoms with Crippen LogP contribution in [0.5, 0.6) is 0 Å². The van der Waals surface area contributed by atoms with Gasteiger partial charge < -0.3 is 14.7 Å². The molecular formula is C24H26F3NO4. The van der Waals surface area contributed by atoms with Gasteiger partial charge in [0, 0.05) is 13.1 Å². The van der Waals surface area contributed by atoms with Gasteiger partial charge in [-0.15, -0.1) is 0 Å². The third-order valence-corrected chi connectivity index (χ3v) is 5.81. The zero-order valence-corrected chi connectivity index (χ0v) is 17.6. The van der Waals surface area contributed by atoms with Crippen LogP contribution in [0.15, 0.2) is 60.7 Å². The van der Waals surface area contributed by atoms with E-state index < -0.39 is 42.2 Å². The zero-order valence-electron chi connectivity index (χ0n) is 17.6. The van der Waals surface area contributed by atoms with Crippen LogP contribution in [-0.2, 0) is 26.3 Å². The fraction of sp³-hybridized carbons (Fsp3) is 0.417. The van der Waals surface area contributed by atoms with E-state index in [1.54, 1.807) is 4.90 Å². The number of aliphatic hydroxyl groups is 1. The molecule has 0 bridgehead atoms. The highest BCUT2D eigenvalue weighted by Crippen LogP contribution is 2.41. The second-order valence-electron chi connectivity index (χ2n) is 8.08. The van der Waals surface area contributed by atoms with Gasteiger partial charge in [-0.1, -0.05) is 60.7 Å². The highest BCUT2D eigenvalue weighted by atomic mass is 19.4. The van der Waals surface area contributed by atoms with E-state index in [1.165, 1.54) is 23.8 Å². The van der Waals surface area contributed by atoms with Crippen molar-refractivity contribution in [1.29, 1.82) is 0 Å². The second kappa shape index (κ2) is 10.2. The molecule has 1 unspecified atom stereocenters. The van der Waals surface area contributed by atoms with Crippen molar-refractivity contribution in [3.8, 4) is 0 Å². The summed E-state index contributed by atoms with van der Waals surface area (Å²) in [6.45, 7) is 0.361. The molecule has 0 saturated carbocycles. The van der Waals surface area contributed by atoms with Gasteiger partial charge in [0.25, 0.3) is 5.91 Å². The number of hydrogen-bond acceptors (Lipinski definition) is 4. The lowest BCUT2D eigenvalue weighted by molar-refractivity contribution is -0.269. The number of piperidine rings is 1. The van der Waals surface area contributed by atoms with Crippen molar-refractivity contribution in [2.45, 2.75) is 37.5 Å². The first-order chi connectivity index (χ1) is 15.2. The Kier molecular flexibility index (Phi) is 7.56. The summed E-state index contributed by atoms with van der Waals surface area (Å²) in [4.78, 5) is 26.0. The van der Waals surface area contributed by atoms with Crippen molar-refractivity contribution < 1.29 is 32.6 Å². The fourth-order valence-corrected chi connectivity index (χ4v) is 3.91. The van der Waals surface area contributed by atoms with Crippen LogP contribution in [0.1, 0.15) is 30.4 Å². The molecule has 1 aliphatic heterocycles. The molecule has 1 aliphatic rings. The predicted molar refractivity (Wildman–Crippen MR) is 111 cm³/mol. The van der Waals surface area contributed by atoms with Gasteiger partial charge in [-0.3, -0.25) is 9.59 Å². The van der Waals surface area contributed by atoms with Gasteiger partial charge in [0.05, 0.1) is 6.42 Å². The summed E-state index contributed by atoms with van der Waals surface area (Å²) in [5.41, 5.74) is -2.61. The molecule has 0 aromatic heterocycles. The summed E-state index contributed by atoms with van der Waals surface area (Å²) in [6.07, 6.45) is -3.88. The van der Waals surface area contributed by atoms with Crippen LogP contribution < -0.4 is 0 Å². The van der Waals surface area contributed by atoms with Gasteiger partial charge in [-0.05, 0) is 36.3 Å². The number of benzene rings is 2. The Bertz CT molecular complexity index is 896. The molecule has 0 spiro atoms. The molecule has 2 aromatic rings. The summed E-state index contributed by atoms with van der Waals surface area (Å²) in [5, 5.41) is 10.2. The van der Waals surface area contributed by atoms with Crippen molar-refractivity contribution in [2.24, 2.45) is 5.92 Å². The van der Waals surface area contributed by atoms with Crippen LogP contribution in [0.2, 0.25) is 0 Å². The Balaban J connectivity index is 1.49. The fourth-order valence-electron chi connectivity index (χ4n) is 3.91. The van der Waals surface area contributed by atoms with E-state index in [4.69, 9.17) is 4.74 Å². The van der Waals surface area contributed by atoms with Crippen molar-refractivity contribution in [3.63, 3.8) is 0 Å². The minimum Gasteiger partial charge on any atom is -0.455 e. The molecule has 0 aliphatic carbocycles. The van der Waals surface area contributed by atoms with Crippen molar-refractivity contribution in [3.05, 3.63) is 71.8 Å². The second-order valence-corrected chi connectivity index (χ2v) is 8.08. The summed E-state index contributed by atoms with van der Waals surface area (Å²) in [5.74, 6) is -1.30. The quantitative estimate of drug-likeness (QED) is 0.652. The highest BCUT2D eigenvalue weighted by Gasteiger charge is 2.56. The Morgan fingerprint density at radius 2 is 1.53 bits per heavy atom. The highest BCUT2D eigenvalue weighted by molar-refractivity contribution is 5.81. The first-order valence-corrected chi connectivity index (χ1v) is 10.5. The van der Waals surface area contributed by atoms with Crippen LogP contribution in [-0.4, -0.2) is 47.8 Å². The topological polar surface area (TPSA) is 66.8 Å². The Hall–Kier alpha value is -2.87. The zero-order chi connectivity index (χ0) is 23.2. The maximum absolute atomic E-state index is 13.5. The normalized spacial score (nSPS) is 16.9. The van der Waals surface area contributed by atoms with Gasteiger partial charge in [0.15, 0.2) is 12.2 Å². The van der Waals surface area contributed by atoms with Crippen LogP contribution in [0.25, 0.3) is 0 Å². The van der Waals surface area contributed by atoms with Gasteiger partial charge in [0.2, 0.25) is 0 Å². The number of carbonyl (C=O) groups excluding carboxylic acids is 2. The van der Waals surface area contributed by atoms with Crippen LogP contribution in [0.3, 0.4) is 0 Å². The molecule has 8 heteroatoms. The first kappa shape index (κ1) is 23.8. The third kappa shape index (κ3) is 5.88. The van der Waals surface area contributed by atoms with Gasteiger partial charge in [0.1, 0.15) is 0 Å².